The summed E-state index contributed by atoms with van der Waals surface area (Å²) in [5.41, 5.74) is 6.07. The summed E-state index contributed by atoms with van der Waals surface area (Å²) in [6.45, 7) is 0.741. The molecule has 0 aromatic heterocycles. The fourth-order valence-electron chi connectivity index (χ4n) is 2.02. The van der Waals surface area contributed by atoms with Crippen LogP contribution in [0.3, 0.4) is 0 Å². The lowest BCUT2D eigenvalue weighted by molar-refractivity contribution is -0.130. The molecule has 1 atom stereocenters. The Balaban J connectivity index is 1.91. The van der Waals surface area contributed by atoms with E-state index in [2.05, 4.69) is 0 Å². The van der Waals surface area contributed by atoms with Gasteiger partial charge in [0.1, 0.15) is 0 Å². The molecule has 3 nitrogen and oxygen atoms in total. The maximum Gasteiger partial charge on any atom is 0.224 e. The third kappa shape index (κ3) is 3.67. The standard InChI is InChI=1S/C13H16F2N2OS/c14-11-3-1-2-9(13(11)15)6-10(16)7-12(18)17-4-5-19-8-17/h1-3,10H,4-8,16H2/t10-/m1/s1. The molecule has 1 saturated heterocycles. The van der Waals surface area contributed by atoms with Crippen LogP contribution >= 0.6 is 11.8 Å². The van der Waals surface area contributed by atoms with Crippen molar-refractivity contribution in [1.82, 2.24) is 4.90 Å². The Labute approximate surface area is 115 Å². The summed E-state index contributed by atoms with van der Waals surface area (Å²) in [6, 6.07) is 3.51. The molecule has 1 aromatic carbocycles. The Morgan fingerprint density at radius 1 is 1.47 bits per heavy atom. The number of benzene rings is 1. The molecule has 0 spiro atoms. The average Bonchev–Trinajstić information content (AvgIpc) is 2.88. The maximum absolute atomic E-state index is 13.5. The first kappa shape index (κ1) is 14.3. The molecule has 1 fully saturated rings. The quantitative estimate of drug-likeness (QED) is 0.917. The first-order chi connectivity index (χ1) is 9.08. The number of carbonyl (C=O) groups is 1. The van der Waals surface area contributed by atoms with Crippen LogP contribution in [0.4, 0.5) is 8.78 Å². The second-order valence-electron chi connectivity index (χ2n) is 4.58. The highest BCUT2D eigenvalue weighted by Gasteiger charge is 2.21. The molecule has 0 unspecified atom stereocenters. The highest BCUT2D eigenvalue weighted by Crippen LogP contribution is 2.17. The molecule has 19 heavy (non-hydrogen) atoms. The Morgan fingerprint density at radius 2 is 2.26 bits per heavy atom. The van der Waals surface area contributed by atoms with Gasteiger partial charge in [-0.2, -0.15) is 0 Å². The molecule has 1 amide bonds. The summed E-state index contributed by atoms with van der Waals surface area (Å²) < 4.78 is 26.5. The minimum absolute atomic E-state index is 0.0192. The van der Waals surface area contributed by atoms with Crippen molar-refractivity contribution in [2.24, 2.45) is 5.73 Å². The third-order valence-corrected chi connectivity index (χ3v) is 4.02. The number of carbonyl (C=O) groups excluding carboxylic acids is 1. The molecule has 1 heterocycles. The van der Waals surface area contributed by atoms with E-state index in [4.69, 9.17) is 5.73 Å². The highest BCUT2D eigenvalue weighted by atomic mass is 32.2. The van der Waals surface area contributed by atoms with Gasteiger partial charge in [0.05, 0.1) is 5.88 Å². The zero-order valence-electron chi connectivity index (χ0n) is 10.4. The number of hydrogen-bond donors (Lipinski definition) is 1. The van der Waals surface area contributed by atoms with Crippen LogP contribution in [0.15, 0.2) is 18.2 Å². The second-order valence-corrected chi connectivity index (χ2v) is 5.65. The van der Waals surface area contributed by atoms with Crippen molar-refractivity contribution in [1.29, 1.82) is 0 Å². The Kier molecular flexibility index (Phi) is 4.76. The van der Waals surface area contributed by atoms with Crippen LogP contribution in [0.25, 0.3) is 0 Å². The lowest BCUT2D eigenvalue weighted by atomic mass is 10.0. The lowest BCUT2D eigenvalue weighted by Gasteiger charge is -2.18. The number of amides is 1. The van der Waals surface area contributed by atoms with Gasteiger partial charge >= 0.3 is 0 Å². The van der Waals surface area contributed by atoms with Gasteiger partial charge in [0.25, 0.3) is 0 Å². The normalized spacial score (nSPS) is 16.7. The van der Waals surface area contributed by atoms with Gasteiger partial charge in [-0.15, -0.1) is 11.8 Å². The Bertz CT molecular complexity index is 464. The number of halogens is 2. The third-order valence-electron chi connectivity index (χ3n) is 3.06. The SMILES string of the molecule is N[C@@H](CC(=O)N1CCSC1)Cc1cccc(F)c1F. The molecule has 1 aliphatic heterocycles. The summed E-state index contributed by atoms with van der Waals surface area (Å²) in [4.78, 5) is 13.6. The zero-order chi connectivity index (χ0) is 13.8. The van der Waals surface area contributed by atoms with Gasteiger partial charge in [0.2, 0.25) is 5.91 Å². The van der Waals surface area contributed by atoms with Crippen LogP contribution in [0.1, 0.15) is 12.0 Å². The summed E-state index contributed by atoms with van der Waals surface area (Å²) in [7, 11) is 0. The molecular formula is C13H16F2N2OS. The van der Waals surface area contributed by atoms with Gasteiger partial charge in [0.15, 0.2) is 11.6 Å². The molecule has 0 aliphatic carbocycles. The predicted octanol–water partition coefficient (Wildman–Crippen LogP) is 1.76. The average molecular weight is 286 g/mol. The Morgan fingerprint density at radius 3 is 2.95 bits per heavy atom. The van der Waals surface area contributed by atoms with E-state index in [-0.39, 0.29) is 24.3 Å². The maximum atomic E-state index is 13.5. The van der Waals surface area contributed by atoms with Crippen molar-refractivity contribution in [3.63, 3.8) is 0 Å². The molecule has 0 bridgehead atoms. The molecule has 2 rings (SSSR count). The summed E-state index contributed by atoms with van der Waals surface area (Å²) in [5.74, 6) is -0.136. The molecule has 0 saturated carbocycles. The first-order valence-corrected chi connectivity index (χ1v) is 7.27. The molecule has 0 radical (unpaired) electrons. The van der Waals surface area contributed by atoms with Crippen LogP contribution in [-0.4, -0.2) is 35.0 Å². The van der Waals surface area contributed by atoms with Gasteiger partial charge < -0.3 is 10.6 Å². The van der Waals surface area contributed by atoms with E-state index in [0.29, 0.717) is 5.88 Å². The van der Waals surface area contributed by atoms with Crippen LogP contribution in [0, 0.1) is 11.6 Å². The van der Waals surface area contributed by atoms with E-state index in [1.165, 1.54) is 12.1 Å². The monoisotopic (exact) mass is 286 g/mol. The van der Waals surface area contributed by atoms with Crippen LogP contribution in [-0.2, 0) is 11.2 Å². The van der Waals surface area contributed by atoms with E-state index in [1.54, 1.807) is 16.7 Å². The number of thioether (sulfide) groups is 1. The number of nitrogens with zero attached hydrogens (tertiary/aromatic N) is 1. The minimum Gasteiger partial charge on any atom is -0.333 e. The van der Waals surface area contributed by atoms with E-state index in [0.717, 1.165) is 18.4 Å². The summed E-state index contributed by atoms with van der Waals surface area (Å²) in [6.07, 6.45) is 0.326. The van der Waals surface area contributed by atoms with Crippen molar-refractivity contribution >= 4 is 17.7 Å². The lowest BCUT2D eigenvalue weighted by Crippen LogP contribution is -2.35. The van der Waals surface area contributed by atoms with Crippen LogP contribution in [0.5, 0.6) is 0 Å². The van der Waals surface area contributed by atoms with Gasteiger partial charge in [-0.05, 0) is 18.1 Å². The Hall–Kier alpha value is -1.14. The van der Waals surface area contributed by atoms with Gasteiger partial charge in [-0.1, -0.05) is 12.1 Å². The van der Waals surface area contributed by atoms with Crippen LogP contribution in [0.2, 0.25) is 0 Å². The summed E-state index contributed by atoms with van der Waals surface area (Å²) >= 11 is 1.70. The number of hydrogen-bond acceptors (Lipinski definition) is 3. The van der Waals surface area contributed by atoms with Crippen molar-refractivity contribution < 1.29 is 13.6 Å². The van der Waals surface area contributed by atoms with E-state index in [1.807, 2.05) is 0 Å². The largest absolute Gasteiger partial charge is 0.333 e. The van der Waals surface area contributed by atoms with Crippen molar-refractivity contribution in [2.45, 2.75) is 18.9 Å². The van der Waals surface area contributed by atoms with Crippen molar-refractivity contribution in [3.8, 4) is 0 Å². The topological polar surface area (TPSA) is 46.3 Å². The summed E-state index contributed by atoms with van der Waals surface area (Å²) in [5, 5.41) is 0. The fourth-order valence-corrected chi connectivity index (χ4v) is 3.00. The van der Waals surface area contributed by atoms with Crippen molar-refractivity contribution in [3.05, 3.63) is 35.4 Å². The highest BCUT2D eigenvalue weighted by molar-refractivity contribution is 7.99. The first-order valence-electron chi connectivity index (χ1n) is 6.12. The van der Waals surface area contributed by atoms with Gasteiger partial charge in [-0.3, -0.25) is 4.79 Å². The van der Waals surface area contributed by atoms with Crippen LogP contribution < -0.4 is 5.73 Å². The predicted molar refractivity (Wildman–Crippen MR) is 71.7 cm³/mol. The molecule has 6 heteroatoms. The van der Waals surface area contributed by atoms with E-state index in [9.17, 15) is 13.6 Å². The van der Waals surface area contributed by atoms with Crippen molar-refractivity contribution in [2.75, 3.05) is 18.2 Å². The molecule has 2 N–H and O–H groups in total. The zero-order valence-corrected chi connectivity index (χ0v) is 11.3. The van der Waals surface area contributed by atoms with Gasteiger partial charge in [-0.25, -0.2) is 8.78 Å². The van der Waals surface area contributed by atoms with Gasteiger partial charge in [0, 0.05) is 24.8 Å². The van der Waals surface area contributed by atoms with E-state index >= 15 is 0 Å². The molecule has 104 valence electrons. The number of rotatable bonds is 4. The second kappa shape index (κ2) is 6.34. The van der Waals surface area contributed by atoms with E-state index < -0.39 is 17.7 Å². The molecule has 1 aliphatic rings. The molecular weight excluding hydrogens is 270 g/mol. The minimum atomic E-state index is -0.882. The fraction of sp³-hybridized carbons (Fsp3) is 0.462. The smallest absolute Gasteiger partial charge is 0.224 e. The number of nitrogens with two attached hydrogens (primary N) is 1. The molecule has 1 aromatic rings.